The van der Waals surface area contributed by atoms with Crippen molar-refractivity contribution in [3.63, 3.8) is 0 Å². The van der Waals surface area contributed by atoms with Gasteiger partial charge in [-0.25, -0.2) is 0 Å². The largest absolute Gasteiger partial charge is 0.508 e. The van der Waals surface area contributed by atoms with Gasteiger partial charge >= 0.3 is 0 Å². The summed E-state index contributed by atoms with van der Waals surface area (Å²) in [4.78, 5) is 1.05. The summed E-state index contributed by atoms with van der Waals surface area (Å²) >= 11 is 1.67. The maximum Gasteiger partial charge on any atom is 0.119 e. The van der Waals surface area contributed by atoms with E-state index in [1.807, 2.05) is 30.3 Å². The molecule has 0 amide bonds. The molecular weight excluding hydrogens is 280 g/mol. The van der Waals surface area contributed by atoms with Gasteiger partial charge in [0.2, 0.25) is 0 Å². The SMILES string of the molecule is Oc1cccc(SCCOc2ccc3ccccc3c2)c1. The summed E-state index contributed by atoms with van der Waals surface area (Å²) in [6, 6.07) is 21.7. The van der Waals surface area contributed by atoms with Crippen molar-refractivity contribution < 1.29 is 9.84 Å². The molecule has 0 saturated heterocycles. The van der Waals surface area contributed by atoms with E-state index in [0.29, 0.717) is 12.4 Å². The molecule has 3 aromatic rings. The van der Waals surface area contributed by atoms with Gasteiger partial charge in [0.25, 0.3) is 0 Å². The molecule has 0 spiro atoms. The van der Waals surface area contributed by atoms with Crippen LogP contribution in [0.4, 0.5) is 0 Å². The minimum absolute atomic E-state index is 0.301. The van der Waals surface area contributed by atoms with E-state index >= 15 is 0 Å². The first-order valence-corrected chi connectivity index (χ1v) is 7.83. The first-order chi connectivity index (χ1) is 10.3. The molecule has 0 radical (unpaired) electrons. The second kappa shape index (κ2) is 6.55. The molecule has 21 heavy (non-hydrogen) atoms. The number of hydrogen-bond donors (Lipinski definition) is 1. The van der Waals surface area contributed by atoms with Crippen LogP contribution in [0.1, 0.15) is 0 Å². The molecule has 0 aromatic heterocycles. The van der Waals surface area contributed by atoms with Crippen LogP contribution >= 0.6 is 11.8 Å². The lowest BCUT2D eigenvalue weighted by Gasteiger charge is -2.07. The third-order valence-corrected chi connectivity index (χ3v) is 4.12. The van der Waals surface area contributed by atoms with E-state index in [1.54, 1.807) is 23.9 Å². The highest BCUT2D eigenvalue weighted by atomic mass is 32.2. The Morgan fingerprint density at radius 2 is 1.71 bits per heavy atom. The Morgan fingerprint density at radius 1 is 0.857 bits per heavy atom. The predicted octanol–water partition coefficient (Wildman–Crippen LogP) is 4.72. The molecule has 2 nitrogen and oxygen atoms in total. The van der Waals surface area contributed by atoms with Crippen LogP contribution in [0.3, 0.4) is 0 Å². The predicted molar refractivity (Wildman–Crippen MR) is 88.3 cm³/mol. The molecule has 106 valence electrons. The highest BCUT2D eigenvalue weighted by molar-refractivity contribution is 7.99. The molecule has 0 bridgehead atoms. The fraction of sp³-hybridized carbons (Fsp3) is 0.111. The number of benzene rings is 3. The minimum Gasteiger partial charge on any atom is -0.508 e. The number of phenolic OH excluding ortho intramolecular Hbond substituents is 1. The molecule has 3 rings (SSSR count). The second-order valence-electron chi connectivity index (χ2n) is 4.70. The van der Waals surface area contributed by atoms with E-state index in [0.717, 1.165) is 16.4 Å². The molecule has 0 heterocycles. The Hall–Kier alpha value is -2.13. The fourth-order valence-electron chi connectivity index (χ4n) is 2.15. The molecule has 0 fully saturated rings. The fourth-order valence-corrected chi connectivity index (χ4v) is 2.93. The van der Waals surface area contributed by atoms with Crippen LogP contribution in [0.15, 0.2) is 71.6 Å². The number of ether oxygens (including phenoxy) is 1. The average molecular weight is 296 g/mol. The summed E-state index contributed by atoms with van der Waals surface area (Å²) in [6.07, 6.45) is 0. The number of aromatic hydroxyl groups is 1. The van der Waals surface area contributed by atoms with Gasteiger partial charge in [-0.1, -0.05) is 36.4 Å². The van der Waals surface area contributed by atoms with E-state index < -0.39 is 0 Å². The second-order valence-corrected chi connectivity index (χ2v) is 5.87. The van der Waals surface area contributed by atoms with E-state index in [1.165, 1.54) is 10.8 Å². The van der Waals surface area contributed by atoms with Gasteiger partial charge in [0.15, 0.2) is 0 Å². The van der Waals surface area contributed by atoms with Crippen molar-refractivity contribution >= 4 is 22.5 Å². The highest BCUT2D eigenvalue weighted by Crippen LogP contribution is 2.23. The van der Waals surface area contributed by atoms with Crippen molar-refractivity contribution in [2.45, 2.75) is 4.90 Å². The van der Waals surface area contributed by atoms with Gasteiger partial charge in [0.1, 0.15) is 11.5 Å². The van der Waals surface area contributed by atoms with Crippen molar-refractivity contribution in [2.75, 3.05) is 12.4 Å². The lowest BCUT2D eigenvalue weighted by Crippen LogP contribution is -1.99. The van der Waals surface area contributed by atoms with Crippen LogP contribution in [-0.2, 0) is 0 Å². The summed E-state index contributed by atoms with van der Waals surface area (Å²) in [6.45, 7) is 0.638. The molecule has 0 aliphatic heterocycles. The minimum atomic E-state index is 0.301. The Morgan fingerprint density at radius 3 is 2.57 bits per heavy atom. The van der Waals surface area contributed by atoms with Gasteiger partial charge in [-0.15, -0.1) is 11.8 Å². The average Bonchev–Trinajstić information content (AvgIpc) is 2.51. The van der Waals surface area contributed by atoms with Gasteiger partial charge in [-0.2, -0.15) is 0 Å². The Kier molecular flexibility index (Phi) is 4.31. The van der Waals surface area contributed by atoms with Gasteiger partial charge in [-0.05, 0) is 41.1 Å². The van der Waals surface area contributed by atoms with Gasteiger partial charge in [-0.3, -0.25) is 0 Å². The smallest absolute Gasteiger partial charge is 0.119 e. The van der Waals surface area contributed by atoms with Crippen LogP contribution in [-0.4, -0.2) is 17.5 Å². The van der Waals surface area contributed by atoms with Crippen LogP contribution in [0.25, 0.3) is 10.8 Å². The van der Waals surface area contributed by atoms with Crippen molar-refractivity contribution in [3.8, 4) is 11.5 Å². The van der Waals surface area contributed by atoms with Gasteiger partial charge in [0.05, 0.1) is 6.61 Å². The summed E-state index contributed by atoms with van der Waals surface area (Å²) in [5.41, 5.74) is 0. The zero-order chi connectivity index (χ0) is 14.5. The first kappa shape index (κ1) is 13.8. The van der Waals surface area contributed by atoms with E-state index in [2.05, 4.69) is 24.3 Å². The molecule has 0 saturated carbocycles. The zero-order valence-electron chi connectivity index (χ0n) is 11.5. The Labute approximate surface area is 128 Å². The normalized spacial score (nSPS) is 10.7. The summed E-state index contributed by atoms with van der Waals surface area (Å²) in [5.74, 6) is 2.04. The molecule has 0 aliphatic carbocycles. The third kappa shape index (κ3) is 3.70. The maximum absolute atomic E-state index is 9.40. The van der Waals surface area contributed by atoms with E-state index in [-0.39, 0.29) is 0 Å². The van der Waals surface area contributed by atoms with Crippen molar-refractivity contribution in [3.05, 3.63) is 66.7 Å². The van der Waals surface area contributed by atoms with Crippen LogP contribution in [0, 0.1) is 0 Å². The summed E-state index contributed by atoms with van der Waals surface area (Å²) in [5, 5.41) is 11.8. The zero-order valence-corrected chi connectivity index (χ0v) is 12.3. The molecule has 0 atom stereocenters. The molecule has 1 N–H and O–H groups in total. The lowest BCUT2D eigenvalue weighted by molar-refractivity contribution is 0.344. The molecule has 0 aliphatic rings. The molecule has 3 heteroatoms. The van der Waals surface area contributed by atoms with E-state index in [4.69, 9.17) is 4.74 Å². The quantitative estimate of drug-likeness (QED) is 0.546. The summed E-state index contributed by atoms with van der Waals surface area (Å²) < 4.78 is 5.78. The van der Waals surface area contributed by atoms with Crippen molar-refractivity contribution in [1.29, 1.82) is 0 Å². The molecule has 3 aromatic carbocycles. The Bertz CT molecular complexity index is 740. The van der Waals surface area contributed by atoms with Crippen molar-refractivity contribution in [2.24, 2.45) is 0 Å². The standard InChI is InChI=1S/C18H16O2S/c19-16-6-3-7-18(13-16)21-11-10-20-17-9-8-14-4-1-2-5-15(14)12-17/h1-9,12-13,19H,10-11H2. The number of thioether (sulfide) groups is 1. The molecular formula is C18H16O2S. The number of fused-ring (bicyclic) bond motifs is 1. The van der Waals surface area contributed by atoms with Crippen LogP contribution in [0.5, 0.6) is 11.5 Å². The number of phenols is 1. The van der Waals surface area contributed by atoms with Crippen LogP contribution < -0.4 is 4.74 Å². The molecule has 0 unspecified atom stereocenters. The first-order valence-electron chi connectivity index (χ1n) is 6.85. The summed E-state index contributed by atoms with van der Waals surface area (Å²) in [7, 11) is 0. The maximum atomic E-state index is 9.40. The van der Waals surface area contributed by atoms with Gasteiger partial charge < -0.3 is 9.84 Å². The third-order valence-electron chi connectivity index (χ3n) is 3.16. The van der Waals surface area contributed by atoms with Gasteiger partial charge in [0, 0.05) is 10.6 Å². The number of hydrogen-bond acceptors (Lipinski definition) is 3. The topological polar surface area (TPSA) is 29.5 Å². The lowest BCUT2D eigenvalue weighted by atomic mass is 10.1. The highest BCUT2D eigenvalue weighted by Gasteiger charge is 1.99. The van der Waals surface area contributed by atoms with Crippen molar-refractivity contribution in [1.82, 2.24) is 0 Å². The monoisotopic (exact) mass is 296 g/mol. The Balaban J connectivity index is 1.54. The van der Waals surface area contributed by atoms with Crippen LogP contribution in [0.2, 0.25) is 0 Å². The van der Waals surface area contributed by atoms with E-state index in [9.17, 15) is 5.11 Å². The number of rotatable bonds is 5.